The van der Waals surface area contributed by atoms with E-state index in [2.05, 4.69) is 18.1 Å². The Kier molecular flexibility index (Phi) is 4.10. The number of thiazole rings is 1. The van der Waals surface area contributed by atoms with Gasteiger partial charge in [0.05, 0.1) is 0 Å². The highest BCUT2D eigenvalue weighted by Crippen LogP contribution is 2.19. The highest BCUT2D eigenvalue weighted by Gasteiger charge is 2.15. The molecule has 1 heterocycles. The van der Waals surface area contributed by atoms with Crippen molar-refractivity contribution in [2.75, 3.05) is 7.05 Å². The minimum Gasteiger partial charge on any atom is -0.238 e. The van der Waals surface area contributed by atoms with Crippen molar-refractivity contribution < 1.29 is 4.58 Å². The fourth-order valence-corrected chi connectivity index (χ4v) is 2.47. The topological polar surface area (TPSA) is 15.9 Å². The molecule has 14 heavy (non-hydrogen) atoms. The van der Waals surface area contributed by atoms with Gasteiger partial charge in [0.15, 0.2) is 11.2 Å². The summed E-state index contributed by atoms with van der Waals surface area (Å²) in [7, 11) is 1.95. The molecule has 0 amide bonds. The van der Waals surface area contributed by atoms with Crippen LogP contribution in [0.25, 0.3) is 0 Å². The average Bonchev–Trinajstić information content (AvgIpc) is 2.60. The molecule has 0 radical (unpaired) electrons. The van der Waals surface area contributed by atoms with E-state index in [0.29, 0.717) is 0 Å². The van der Waals surface area contributed by atoms with Crippen molar-refractivity contribution in [2.45, 2.75) is 6.92 Å². The Morgan fingerprint density at radius 3 is 2.79 bits per heavy atom. The fourth-order valence-electron chi connectivity index (χ4n) is 0.900. The van der Waals surface area contributed by atoms with Crippen molar-refractivity contribution >= 4 is 28.1 Å². The first kappa shape index (κ1) is 11.2. The lowest BCUT2D eigenvalue weighted by Crippen LogP contribution is -2.08. The molecule has 0 saturated carbocycles. The Hall–Kier alpha value is -0.870. The molecule has 0 aliphatic rings. The van der Waals surface area contributed by atoms with Crippen LogP contribution in [0.3, 0.4) is 0 Å². The Labute approximate surface area is 92.7 Å². The minimum atomic E-state index is 1.01. The highest BCUT2D eigenvalue weighted by molar-refractivity contribution is 8.16. The molecule has 1 aromatic rings. The third kappa shape index (κ3) is 2.56. The number of aromatic nitrogens is 1. The van der Waals surface area contributed by atoms with Crippen LogP contribution in [0.2, 0.25) is 0 Å². The normalized spacial score (nSPS) is 12.1. The van der Waals surface area contributed by atoms with Crippen LogP contribution < -0.4 is 0 Å². The summed E-state index contributed by atoms with van der Waals surface area (Å²) in [5.41, 5.74) is 0. The quantitative estimate of drug-likeness (QED) is 0.447. The van der Waals surface area contributed by atoms with Gasteiger partial charge in [-0.2, -0.15) is 4.58 Å². The van der Waals surface area contributed by atoms with Gasteiger partial charge in [0.2, 0.25) is 0 Å². The summed E-state index contributed by atoms with van der Waals surface area (Å²) < 4.78 is 1.95. The molecule has 0 saturated heterocycles. The third-order valence-electron chi connectivity index (χ3n) is 1.59. The van der Waals surface area contributed by atoms with E-state index in [1.807, 2.05) is 24.7 Å². The lowest BCUT2D eigenvalue weighted by Gasteiger charge is -1.95. The first-order valence-corrected chi connectivity index (χ1v) is 5.81. The summed E-state index contributed by atoms with van der Waals surface area (Å²) in [4.78, 5) is 5.54. The maximum atomic E-state index is 4.33. The van der Waals surface area contributed by atoms with Crippen molar-refractivity contribution in [3.05, 3.63) is 40.8 Å². The number of nitrogens with zero attached hydrogens (tertiary/aromatic N) is 2. The predicted octanol–water partition coefficient (Wildman–Crippen LogP) is 2.86. The van der Waals surface area contributed by atoms with Crippen LogP contribution in [0.15, 0.2) is 31.0 Å². The van der Waals surface area contributed by atoms with Gasteiger partial charge in [-0.1, -0.05) is 6.58 Å². The van der Waals surface area contributed by atoms with E-state index < -0.39 is 0 Å². The lowest BCUT2D eigenvalue weighted by molar-refractivity contribution is -0.417. The number of rotatable bonds is 3. The van der Waals surface area contributed by atoms with E-state index in [1.54, 1.807) is 34.7 Å². The van der Waals surface area contributed by atoms with Crippen LogP contribution in [-0.2, 0) is 0 Å². The molecule has 0 N–H and O–H groups in total. The van der Waals surface area contributed by atoms with Gasteiger partial charge < -0.3 is 0 Å². The summed E-state index contributed by atoms with van der Waals surface area (Å²) in [6.07, 6.45) is 3.64. The van der Waals surface area contributed by atoms with Crippen LogP contribution >= 0.6 is 23.1 Å². The van der Waals surface area contributed by atoms with E-state index in [9.17, 15) is 0 Å². The van der Waals surface area contributed by atoms with Crippen LogP contribution in [-0.4, -0.2) is 21.7 Å². The maximum Gasteiger partial charge on any atom is 0.280 e. The first-order chi connectivity index (χ1) is 6.69. The second kappa shape index (κ2) is 5.12. The van der Waals surface area contributed by atoms with Gasteiger partial charge in [-0.3, -0.25) is 0 Å². The zero-order valence-electron chi connectivity index (χ0n) is 8.36. The lowest BCUT2D eigenvalue weighted by atomic mass is 10.6. The average molecular weight is 225 g/mol. The Morgan fingerprint density at radius 2 is 2.36 bits per heavy atom. The first-order valence-electron chi connectivity index (χ1n) is 4.11. The van der Waals surface area contributed by atoms with Crippen LogP contribution in [0.4, 0.5) is 0 Å². The molecule has 0 aliphatic heterocycles. The van der Waals surface area contributed by atoms with Crippen molar-refractivity contribution in [1.29, 1.82) is 0 Å². The van der Waals surface area contributed by atoms with Crippen LogP contribution in [0.5, 0.6) is 0 Å². The SMILES string of the molecule is C=CSC(c1ncc(C)s1)=[N+](C)C=C. The van der Waals surface area contributed by atoms with Gasteiger partial charge in [0, 0.05) is 11.1 Å². The molecule has 0 atom stereocenters. The fraction of sp³-hybridized carbons (Fsp3) is 0.200. The molecule has 0 spiro atoms. The molecule has 0 fully saturated rings. The van der Waals surface area contributed by atoms with Crippen molar-refractivity contribution in [3.63, 3.8) is 0 Å². The van der Waals surface area contributed by atoms with Crippen LogP contribution in [0, 0.1) is 6.92 Å². The molecule has 2 nitrogen and oxygen atoms in total. The summed E-state index contributed by atoms with van der Waals surface area (Å²) in [5, 5.41) is 3.87. The van der Waals surface area contributed by atoms with E-state index in [-0.39, 0.29) is 0 Å². The Bertz CT molecular complexity index is 377. The van der Waals surface area contributed by atoms with Gasteiger partial charge in [-0.15, -0.1) is 11.3 Å². The summed E-state index contributed by atoms with van der Waals surface area (Å²) in [6, 6.07) is 0. The maximum absolute atomic E-state index is 4.33. The highest BCUT2D eigenvalue weighted by atomic mass is 32.2. The van der Waals surface area contributed by atoms with Gasteiger partial charge in [0.25, 0.3) is 5.04 Å². The van der Waals surface area contributed by atoms with Crippen molar-refractivity contribution in [2.24, 2.45) is 0 Å². The van der Waals surface area contributed by atoms with Crippen molar-refractivity contribution in [1.82, 2.24) is 4.98 Å². The van der Waals surface area contributed by atoms with Gasteiger partial charge in [-0.05, 0) is 30.7 Å². The zero-order valence-corrected chi connectivity index (χ0v) is 9.99. The van der Waals surface area contributed by atoms with Gasteiger partial charge in [-0.25, -0.2) is 4.98 Å². The predicted molar refractivity (Wildman–Crippen MR) is 65.1 cm³/mol. The molecule has 1 rings (SSSR count). The number of hydrogen-bond donors (Lipinski definition) is 0. The standard InChI is InChI=1S/C10H13N2S2/c1-5-12(4)10(13-6-2)9-11-7-8(3)14-9/h5-7H,1-2H2,3-4H3/q+1. The van der Waals surface area contributed by atoms with Crippen molar-refractivity contribution in [3.8, 4) is 0 Å². The Morgan fingerprint density at radius 1 is 1.64 bits per heavy atom. The molecule has 1 aromatic heterocycles. The third-order valence-corrected chi connectivity index (χ3v) is 3.51. The monoisotopic (exact) mass is 225 g/mol. The van der Waals surface area contributed by atoms with Gasteiger partial charge in [0.1, 0.15) is 7.05 Å². The smallest absolute Gasteiger partial charge is 0.238 e. The van der Waals surface area contributed by atoms with E-state index >= 15 is 0 Å². The molecule has 0 aliphatic carbocycles. The van der Waals surface area contributed by atoms with E-state index in [4.69, 9.17) is 0 Å². The van der Waals surface area contributed by atoms with E-state index in [1.165, 1.54) is 4.88 Å². The molecule has 0 unspecified atom stereocenters. The Balaban J connectivity index is 3.12. The number of thioether (sulfide) groups is 1. The molecule has 4 heteroatoms. The molecular formula is C10H13N2S2+. The molecule has 0 bridgehead atoms. The second-order valence-electron chi connectivity index (χ2n) is 2.66. The second-order valence-corrected chi connectivity index (χ2v) is 4.85. The number of aryl methyl sites for hydroxylation is 1. The molecular weight excluding hydrogens is 212 g/mol. The summed E-state index contributed by atoms with van der Waals surface area (Å²) in [5.74, 6) is 0. The summed E-state index contributed by atoms with van der Waals surface area (Å²) >= 11 is 3.23. The largest absolute Gasteiger partial charge is 0.280 e. The minimum absolute atomic E-state index is 1.01. The van der Waals surface area contributed by atoms with Gasteiger partial charge >= 0.3 is 0 Å². The van der Waals surface area contributed by atoms with Crippen LogP contribution in [0.1, 0.15) is 9.88 Å². The zero-order chi connectivity index (χ0) is 10.6. The summed E-state index contributed by atoms with van der Waals surface area (Å²) in [6.45, 7) is 9.48. The van der Waals surface area contributed by atoms with E-state index in [0.717, 1.165) is 10.1 Å². The molecule has 74 valence electrons. The molecule has 0 aromatic carbocycles. The number of hydrogen-bond acceptors (Lipinski definition) is 3.